The number of aliphatic hydroxyl groups is 1. The van der Waals surface area contributed by atoms with E-state index in [4.69, 9.17) is 4.74 Å². The van der Waals surface area contributed by atoms with Crippen LogP contribution in [0.5, 0.6) is 11.6 Å². The zero-order valence-corrected chi connectivity index (χ0v) is 15.8. The molecule has 0 radical (unpaired) electrons. The smallest absolute Gasteiger partial charge is 0.481 e. The number of methoxy groups -OCH3 is 1. The number of halogens is 3. The molecule has 0 fully saturated rings. The summed E-state index contributed by atoms with van der Waals surface area (Å²) in [6.07, 6.45) is -0.185. The van der Waals surface area contributed by atoms with Crippen molar-refractivity contribution in [1.29, 1.82) is 0 Å². The average Bonchev–Trinajstić information content (AvgIpc) is 2.72. The van der Waals surface area contributed by atoms with Gasteiger partial charge >= 0.3 is 6.36 Å². The van der Waals surface area contributed by atoms with E-state index in [1.807, 2.05) is 17.9 Å². The van der Waals surface area contributed by atoms with Crippen molar-refractivity contribution in [2.45, 2.75) is 25.5 Å². The van der Waals surface area contributed by atoms with E-state index in [0.29, 0.717) is 17.1 Å². The Labute approximate surface area is 165 Å². The first kappa shape index (κ1) is 20.7. The van der Waals surface area contributed by atoms with E-state index in [2.05, 4.69) is 14.7 Å². The molecule has 3 rings (SSSR count). The molecule has 0 amide bonds. The number of hydrogen-bond acceptors (Lipinski definition) is 6. The summed E-state index contributed by atoms with van der Waals surface area (Å²) in [6.45, 7) is 1.70. The first-order valence-corrected chi connectivity index (χ1v) is 8.81. The zero-order valence-electron chi connectivity index (χ0n) is 15.8. The highest BCUT2D eigenvalue weighted by molar-refractivity contribution is 5.86. The van der Waals surface area contributed by atoms with Crippen LogP contribution in [0.4, 0.5) is 13.2 Å². The number of aliphatic hydroxyl groups excluding tert-OH is 1. The molecular formula is C20H20F3N3O3. The van der Waals surface area contributed by atoms with Gasteiger partial charge in [-0.05, 0) is 48.9 Å². The Morgan fingerprint density at radius 1 is 1.17 bits per heavy atom. The molecule has 1 aliphatic heterocycles. The minimum absolute atomic E-state index is 0.137. The van der Waals surface area contributed by atoms with Gasteiger partial charge in [0.15, 0.2) is 0 Å². The van der Waals surface area contributed by atoms with Gasteiger partial charge in [-0.15, -0.1) is 13.2 Å². The van der Waals surface area contributed by atoms with E-state index in [9.17, 15) is 18.3 Å². The monoisotopic (exact) mass is 407 g/mol. The lowest BCUT2D eigenvalue weighted by Crippen LogP contribution is -2.38. The molecule has 1 unspecified atom stereocenters. The van der Waals surface area contributed by atoms with Crippen LogP contribution in [0.2, 0.25) is 0 Å². The molecule has 0 bridgehead atoms. The second-order valence-corrected chi connectivity index (χ2v) is 6.37. The number of ether oxygens (including phenoxy) is 2. The molecule has 0 aliphatic carbocycles. The van der Waals surface area contributed by atoms with Crippen LogP contribution in [0.3, 0.4) is 0 Å². The SMILES string of the molecule is COc1ccc(C2N=CC=C(c3ccc(OC(F)(F)F)cc3)N2[C@@H](C)CO)cn1. The number of pyridine rings is 1. The summed E-state index contributed by atoms with van der Waals surface area (Å²) in [5, 5.41) is 9.77. The standard InChI is InChI=1S/C20H20F3N3O3/c1-13(12-27)26-17(14-3-6-16(7-4-14)29-20(21,22)23)9-10-24-19(26)15-5-8-18(28-2)25-11-15/h3-11,13,19,27H,12H2,1-2H3/t13-,19?/m0/s1. The lowest BCUT2D eigenvalue weighted by molar-refractivity contribution is -0.274. The summed E-state index contributed by atoms with van der Waals surface area (Å²) in [4.78, 5) is 10.6. The predicted octanol–water partition coefficient (Wildman–Crippen LogP) is 3.80. The van der Waals surface area contributed by atoms with Crippen LogP contribution in [0.1, 0.15) is 24.2 Å². The van der Waals surface area contributed by atoms with E-state index in [0.717, 1.165) is 5.56 Å². The van der Waals surface area contributed by atoms with Crippen LogP contribution in [-0.4, -0.2) is 47.3 Å². The Kier molecular flexibility index (Phi) is 6.07. The van der Waals surface area contributed by atoms with E-state index in [1.54, 1.807) is 24.6 Å². The third-order valence-corrected chi connectivity index (χ3v) is 4.39. The van der Waals surface area contributed by atoms with Crippen LogP contribution >= 0.6 is 0 Å². The van der Waals surface area contributed by atoms with Crippen molar-refractivity contribution < 1.29 is 27.8 Å². The largest absolute Gasteiger partial charge is 0.573 e. The Balaban J connectivity index is 1.92. The Morgan fingerprint density at radius 3 is 2.45 bits per heavy atom. The number of nitrogens with zero attached hydrogens (tertiary/aromatic N) is 3. The predicted molar refractivity (Wildman–Crippen MR) is 102 cm³/mol. The quantitative estimate of drug-likeness (QED) is 0.789. The van der Waals surface area contributed by atoms with Gasteiger partial charge in [-0.25, -0.2) is 4.98 Å². The molecule has 2 atom stereocenters. The highest BCUT2D eigenvalue weighted by Crippen LogP contribution is 2.36. The third-order valence-electron chi connectivity index (χ3n) is 4.39. The fraction of sp³-hybridized carbons (Fsp3) is 0.300. The number of hydrogen-bond donors (Lipinski definition) is 1. The first-order valence-electron chi connectivity index (χ1n) is 8.81. The van der Waals surface area contributed by atoms with Gasteiger partial charge in [-0.2, -0.15) is 0 Å². The minimum Gasteiger partial charge on any atom is -0.481 e. The molecular weight excluding hydrogens is 387 g/mol. The van der Waals surface area contributed by atoms with Crippen molar-refractivity contribution in [3.05, 3.63) is 59.8 Å². The Hall–Kier alpha value is -3.07. The molecule has 1 aromatic heterocycles. The molecule has 9 heteroatoms. The maximum atomic E-state index is 12.4. The van der Waals surface area contributed by atoms with Crippen LogP contribution in [0, 0.1) is 0 Å². The fourth-order valence-electron chi connectivity index (χ4n) is 3.04. The van der Waals surface area contributed by atoms with Crippen molar-refractivity contribution in [3.63, 3.8) is 0 Å². The van der Waals surface area contributed by atoms with Crippen LogP contribution in [-0.2, 0) is 0 Å². The van der Waals surface area contributed by atoms with Crippen molar-refractivity contribution in [2.75, 3.05) is 13.7 Å². The van der Waals surface area contributed by atoms with Crippen molar-refractivity contribution in [2.24, 2.45) is 4.99 Å². The van der Waals surface area contributed by atoms with Gasteiger partial charge in [0.2, 0.25) is 5.88 Å². The molecule has 2 aromatic rings. The zero-order chi connectivity index (χ0) is 21.0. The van der Waals surface area contributed by atoms with Gasteiger partial charge in [0.25, 0.3) is 0 Å². The number of rotatable bonds is 6. The van der Waals surface area contributed by atoms with Gasteiger partial charge < -0.3 is 19.5 Å². The molecule has 1 aromatic carbocycles. The first-order chi connectivity index (χ1) is 13.8. The molecule has 0 spiro atoms. The third kappa shape index (κ3) is 4.86. The number of aliphatic imine (C=N–C) groups is 1. The lowest BCUT2D eigenvalue weighted by atomic mass is 10.0. The van der Waals surface area contributed by atoms with Crippen molar-refractivity contribution in [1.82, 2.24) is 9.88 Å². The Bertz CT molecular complexity index is 881. The van der Waals surface area contributed by atoms with Gasteiger partial charge in [-0.3, -0.25) is 4.99 Å². The van der Waals surface area contributed by atoms with Crippen LogP contribution in [0.15, 0.2) is 53.7 Å². The summed E-state index contributed by atoms with van der Waals surface area (Å²) >= 11 is 0. The maximum Gasteiger partial charge on any atom is 0.573 e. The molecule has 0 saturated carbocycles. The number of alkyl halides is 3. The summed E-state index contributed by atoms with van der Waals surface area (Å²) < 4.78 is 46.2. The van der Waals surface area contributed by atoms with E-state index in [1.165, 1.54) is 31.4 Å². The highest BCUT2D eigenvalue weighted by Gasteiger charge is 2.32. The van der Waals surface area contributed by atoms with Crippen molar-refractivity contribution >= 4 is 11.9 Å². The second-order valence-electron chi connectivity index (χ2n) is 6.37. The molecule has 6 nitrogen and oxygen atoms in total. The number of allylic oxidation sites excluding steroid dienone is 1. The van der Waals surface area contributed by atoms with Gasteiger partial charge in [0, 0.05) is 29.7 Å². The van der Waals surface area contributed by atoms with Gasteiger partial charge in [0.05, 0.1) is 19.8 Å². The fourth-order valence-corrected chi connectivity index (χ4v) is 3.04. The summed E-state index contributed by atoms with van der Waals surface area (Å²) in [5.74, 6) is 0.162. The molecule has 0 saturated heterocycles. The summed E-state index contributed by atoms with van der Waals surface area (Å²) in [7, 11) is 1.52. The Morgan fingerprint density at radius 2 is 1.90 bits per heavy atom. The normalized spacial score (nSPS) is 17.7. The van der Waals surface area contributed by atoms with E-state index < -0.39 is 12.5 Å². The summed E-state index contributed by atoms with van der Waals surface area (Å²) in [6, 6.07) is 8.81. The van der Waals surface area contributed by atoms with Gasteiger partial charge in [-0.1, -0.05) is 0 Å². The molecule has 1 aliphatic rings. The highest BCUT2D eigenvalue weighted by atomic mass is 19.4. The topological polar surface area (TPSA) is 67.2 Å². The van der Waals surface area contributed by atoms with E-state index in [-0.39, 0.29) is 18.4 Å². The molecule has 1 N–H and O–H groups in total. The average molecular weight is 407 g/mol. The van der Waals surface area contributed by atoms with Crippen LogP contribution in [0.25, 0.3) is 5.70 Å². The number of aromatic nitrogens is 1. The molecule has 2 heterocycles. The van der Waals surface area contributed by atoms with Crippen molar-refractivity contribution in [3.8, 4) is 11.6 Å². The molecule has 29 heavy (non-hydrogen) atoms. The van der Waals surface area contributed by atoms with Crippen LogP contribution < -0.4 is 9.47 Å². The van der Waals surface area contributed by atoms with Gasteiger partial charge in [0.1, 0.15) is 11.9 Å². The number of benzene rings is 1. The molecule has 154 valence electrons. The second kappa shape index (κ2) is 8.52. The maximum absolute atomic E-state index is 12.4. The van der Waals surface area contributed by atoms with E-state index >= 15 is 0 Å². The lowest BCUT2D eigenvalue weighted by Gasteiger charge is -2.39. The summed E-state index contributed by atoms with van der Waals surface area (Å²) in [5.41, 5.74) is 2.16. The minimum atomic E-state index is -4.75.